The zero-order chi connectivity index (χ0) is 9.23. The lowest BCUT2D eigenvalue weighted by molar-refractivity contribution is 0.271. The number of hydrogen-bond acceptors (Lipinski definition) is 1. The van der Waals surface area contributed by atoms with Crippen molar-refractivity contribution in [1.82, 2.24) is 0 Å². The van der Waals surface area contributed by atoms with Crippen molar-refractivity contribution < 1.29 is 5.11 Å². The molecule has 2 heteroatoms. The van der Waals surface area contributed by atoms with Gasteiger partial charge in [-0.2, -0.15) is 0 Å². The molecule has 0 aromatic rings. The van der Waals surface area contributed by atoms with Gasteiger partial charge in [0.1, 0.15) is 0 Å². The Balaban J connectivity index is 3.02. The van der Waals surface area contributed by atoms with Gasteiger partial charge >= 0.3 is 0 Å². The molecule has 0 aliphatic rings. The van der Waals surface area contributed by atoms with Gasteiger partial charge in [-0.05, 0) is 29.6 Å². The predicted octanol–water partition coefficient (Wildman–Crippen LogP) is 3.39. The Morgan fingerprint density at radius 3 is 2.33 bits per heavy atom. The van der Waals surface area contributed by atoms with Crippen molar-refractivity contribution in [3.05, 3.63) is 0 Å². The molecule has 0 radical (unpaired) electrons. The minimum absolute atomic E-state index is 0.359. The van der Waals surface area contributed by atoms with Gasteiger partial charge in [0.05, 0.1) is 0 Å². The van der Waals surface area contributed by atoms with Crippen LogP contribution in [0.1, 0.15) is 45.4 Å². The average Bonchev–Trinajstić information content (AvgIpc) is 2.09. The molecule has 12 heavy (non-hydrogen) atoms. The minimum Gasteiger partial charge on any atom is -0.396 e. The summed E-state index contributed by atoms with van der Waals surface area (Å²) in [6.07, 6.45) is 7.64. The molecule has 1 N–H and O–H groups in total. The molecule has 0 bridgehead atoms. The van der Waals surface area contributed by atoms with Gasteiger partial charge in [0.2, 0.25) is 0 Å². The molecule has 0 fully saturated rings. The fourth-order valence-corrected chi connectivity index (χ4v) is 1.89. The Hall–Kier alpha value is 0.690. The van der Waals surface area contributed by atoms with Gasteiger partial charge in [-0.15, -0.1) is 0 Å². The molecule has 1 atom stereocenters. The summed E-state index contributed by atoms with van der Waals surface area (Å²) in [6, 6.07) is 0. The highest BCUT2D eigenvalue weighted by Crippen LogP contribution is 2.14. The fraction of sp³-hybridized carbons (Fsp3) is 1.00. The van der Waals surface area contributed by atoms with E-state index in [1.807, 2.05) is 0 Å². The molecule has 0 aromatic carbocycles. The van der Waals surface area contributed by atoms with E-state index in [9.17, 15) is 0 Å². The zero-order valence-electron chi connectivity index (χ0n) is 8.06. The summed E-state index contributed by atoms with van der Waals surface area (Å²) in [5, 5.41) is 8.62. The van der Waals surface area contributed by atoms with E-state index in [0.717, 1.165) is 12.3 Å². The first-order valence-corrected chi connectivity index (χ1v) is 6.50. The molecule has 0 aliphatic heterocycles. The van der Waals surface area contributed by atoms with Crippen LogP contribution in [-0.2, 0) is 0 Å². The Kier molecular flexibility index (Phi) is 10.3. The first-order chi connectivity index (χ1) is 5.81. The zero-order valence-corrected chi connectivity index (χ0v) is 10.2. The molecule has 0 rings (SSSR count). The quantitative estimate of drug-likeness (QED) is 0.411. The van der Waals surface area contributed by atoms with E-state index in [1.54, 1.807) is 0 Å². The molecule has 0 saturated carbocycles. The smallest absolute Gasteiger partial charge is 0.0431 e. The molecule has 0 aliphatic carbocycles. The van der Waals surface area contributed by atoms with Gasteiger partial charge in [-0.1, -0.05) is 48.8 Å². The highest BCUT2D eigenvalue weighted by atomic mass is 127. The van der Waals surface area contributed by atoms with Crippen LogP contribution >= 0.6 is 22.6 Å². The van der Waals surface area contributed by atoms with E-state index < -0.39 is 0 Å². The highest BCUT2D eigenvalue weighted by molar-refractivity contribution is 14.1. The van der Waals surface area contributed by atoms with Crippen LogP contribution in [0.2, 0.25) is 0 Å². The van der Waals surface area contributed by atoms with Crippen LogP contribution in [0.5, 0.6) is 0 Å². The summed E-state index contributed by atoms with van der Waals surface area (Å²) in [5.41, 5.74) is 0. The van der Waals surface area contributed by atoms with E-state index in [1.165, 1.54) is 36.5 Å². The highest BCUT2D eigenvalue weighted by Gasteiger charge is 2.00. The molecular weight excluding hydrogens is 263 g/mol. The first kappa shape index (κ1) is 12.7. The number of aliphatic hydroxyl groups is 1. The van der Waals surface area contributed by atoms with Crippen molar-refractivity contribution in [3.8, 4) is 0 Å². The standard InChI is InChI=1S/C10H21IO/c1-10(7-5-9-12)6-3-2-4-8-11/h10,12H,2-9H2,1H3/t10-/m1/s1. The van der Waals surface area contributed by atoms with Crippen LogP contribution in [0.4, 0.5) is 0 Å². The number of unbranched alkanes of at least 4 members (excludes halogenated alkanes) is 2. The molecule has 0 aromatic heterocycles. The third kappa shape index (κ3) is 8.78. The summed E-state index contributed by atoms with van der Waals surface area (Å²) in [5.74, 6) is 0.811. The number of alkyl halides is 1. The monoisotopic (exact) mass is 284 g/mol. The van der Waals surface area contributed by atoms with E-state index in [-0.39, 0.29) is 0 Å². The summed E-state index contributed by atoms with van der Waals surface area (Å²) in [4.78, 5) is 0. The van der Waals surface area contributed by atoms with Gasteiger partial charge in [-0.25, -0.2) is 0 Å². The first-order valence-electron chi connectivity index (χ1n) is 4.98. The maximum Gasteiger partial charge on any atom is 0.0431 e. The van der Waals surface area contributed by atoms with E-state index in [0.29, 0.717) is 6.61 Å². The maximum atomic E-state index is 8.62. The second-order valence-electron chi connectivity index (χ2n) is 3.51. The van der Waals surface area contributed by atoms with Crippen molar-refractivity contribution in [1.29, 1.82) is 0 Å². The molecule has 0 amide bonds. The molecule has 0 saturated heterocycles. The predicted molar refractivity (Wildman–Crippen MR) is 62.8 cm³/mol. The summed E-state index contributed by atoms with van der Waals surface area (Å²) >= 11 is 2.43. The SMILES string of the molecule is C[C@@H](CCCO)CCCCCI. The lowest BCUT2D eigenvalue weighted by atomic mass is 9.99. The van der Waals surface area contributed by atoms with E-state index in [4.69, 9.17) is 5.11 Å². The number of rotatable bonds is 8. The van der Waals surface area contributed by atoms with Crippen LogP contribution in [0, 0.1) is 5.92 Å². The largest absolute Gasteiger partial charge is 0.396 e. The maximum absolute atomic E-state index is 8.62. The second kappa shape index (κ2) is 9.78. The van der Waals surface area contributed by atoms with E-state index >= 15 is 0 Å². The molecule has 0 heterocycles. The van der Waals surface area contributed by atoms with Crippen LogP contribution in [0.3, 0.4) is 0 Å². The fourth-order valence-electron chi connectivity index (χ4n) is 1.35. The molecule has 0 unspecified atom stereocenters. The molecule has 74 valence electrons. The minimum atomic E-state index is 0.359. The van der Waals surface area contributed by atoms with Gasteiger partial charge in [0.25, 0.3) is 0 Å². The Morgan fingerprint density at radius 1 is 1.08 bits per heavy atom. The van der Waals surface area contributed by atoms with Crippen LogP contribution in [0.25, 0.3) is 0 Å². The van der Waals surface area contributed by atoms with Gasteiger partial charge in [0.15, 0.2) is 0 Å². The average molecular weight is 284 g/mol. The van der Waals surface area contributed by atoms with Crippen molar-refractivity contribution in [2.24, 2.45) is 5.92 Å². The topological polar surface area (TPSA) is 20.2 Å². The van der Waals surface area contributed by atoms with Crippen molar-refractivity contribution in [2.45, 2.75) is 45.4 Å². The van der Waals surface area contributed by atoms with Crippen LogP contribution in [-0.4, -0.2) is 16.1 Å². The third-order valence-electron chi connectivity index (χ3n) is 2.19. The number of hydrogen-bond donors (Lipinski definition) is 1. The summed E-state index contributed by atoms with van der Waals surface area (Å²) in [6.45, 7) is 2.65. The lowest BCUT2D eigenvalue weighted by Crippen LogP contribution is -1.96. The van der Waals surface area contributed by atoms with Gasteiger partial charge < -0.3 is 5.11 Å². The Bertz CT molecular complexity index is 85.9. The number of halogens is 1. The normalized spacial score (nSPS) is 13.2. The summed E-state index contributed by atoms with van der Waals surface area (Å²) < 4.78 is 1.29. The third-order valence-corrected chi connectivity index (χ3v) is 2.95. The second-order valence-corrected chi connectivity index (χ2v) is 4.59. The van der Waals surface area contributed by atoms with Crippen molar-refractivity contribution >= 4 is 22.6 Å². The van der Waals surface area contributed by atoms with Gasteiger partial charge in [0, 0.05) is 6.61 Å². The summed E-state index contributed by atoms with van der Waals surface area (Å²) in [7, 11) is 0. The Morgan fingerprint density at radius 2 is 1.75 bits per heavy atom. The van der Waals surface area contributed by atoms with E-state index in [2.05, 4.69) is 29.5 Å². The molecule has 0 spiro atoms. The van der Waals surface area contributed by atoms with Crippen LogP contribution in [0.15, 0.2) is 0 Å². The van der Waals surface area contributed by atoms with Crippen molar-refractivity contribution in [3.63, 3.8) is 0 Å². The van der Waals surface area contributed by atoms with Crippen molar-refractivity contribution in [2.75, 3.05) is 11.0 Å². The lowest BCUT2D eigenvalue weighted by Gasteiger charge is -2.09. The molecular formula is C10H21IO. The Labute approximate surface area is 90.1 Å². The van der Waals surface area contributed by atoms with Crippen LogP contribution < -0.4 is 0 Å². The molecule has 1 nitrogen and oxygen atoms in total. The van der Waals surface area contributed by atoms with Gasteiger partial charge in [-0.3, -0.25) is 0 Å². The number of aliphatic hydroxyl groups excluding tert-OH is 1.